The molecule has 0 spiro atoms. The molecule has 0 unspecified atom stereocenters. The molecule has 0 saturated carbocycles. The van der Waals surface area contributed by atoms with E-state index in [1.54, 1.807) is 0 Å². The Hall–Kier alpha value is -15.1. The van der Waals surface area contributed by atoms with Gasteiger partial charge >= 0.3 is 0 Å². The number of hydrogen-bond acceptors (Lipinski definition) is 6. The van der Waals surface area contributed by atoms with Gasteiger partial charge in [0.2, 0.25) is 0 Å². The van der Waals surface area contributed by atoms with Crippen LogP contribution in [0, 0.1) is 0 Å². The van der Waals surface area contributed by atoms with E-state index in [2.05, 4.69) is 405 Å². The Bertz CT molecular complexity index is 8360. The van der Waals surface area contributed by atoms with Gasteiger partial charge in [0.25, 0.3) is 0 Å². The molecule has 0 atom stereocenters. The van der Waals surface area contributed by atoms with Crippen LogP contribution < -0.4 is 0 Å². The summed E-state index contributed by atoms with van der Waals surface area (Å²) in [5, 5.41) is 14.6. The van der Waals surface area contributed by atoms with Gasteiger partial charge in [-0.2, -0.15) is 0 Å². The molecule has 8 heteroatoms. The van der Waals surface area contributed by atoms with Gasteiger partial charge < -0.3 is 9.13 Å². The van der Waals surface area contributed by atoms with Crippen LogP contribution in [-0.2, 0) is 5.41 Å². The number of benzene rings is 18. The maximum atomic E-state index is 5.25. The summed E-state index contributed by atoms with van der Waals surface area (Å²) in [6.45, 7) is 4.71. The molecule has 24 aromatic rings. The monoisotopic (exact) mass is 1580 g/mol. The van der Waals surface area contributed by atoms with Crippen LogP contribution in [0.1, 0.15) is 25.0 Å². The van der Waals surface area contributed by atoms with Gasteiger partial charge in [-0.15, -0.1) is 22.7 Å². The molecule has 0 N–H and O–H groups in total. The minimum atomic E-state index is -0.239. The fraction of sp³-hybridized carbons (Fsp3) is 0.0265. The second-order valence-corrected chi connectivity index (χ2v) is 34.5. The van der Waals surface area contributed by atoms with Crippen LogP contribution in [0.25, 0.3) is 229 Å². The van der Waals surface area contributed by atoms with E-state index in [4.69, 9.17) is 19.9 Å². The fourth-order valence-corrected chi connectivity index (χ4v) is 21.2. The molecule has 0 fully saturated rings. The first-order chi connectivity index (χ1) is 59.7. The Kier molecular flexibility index (Phi) is 16.3. The number of nitrogens with zero attached hydrogens (tertiary/aromatic N) is 6. The molecule has 0 bridgehead atoms. The number of para-hydroxylation sites is 4. The second kappa shape index (κ2) is 28.1. The maximum absolute atomic E-state index is 5.25. The molecular formula is C113H72N6S2. The highest BCUT2D eigenvalue weighted by atomic mass is 32.1. The summed E-state index contributed by atoms with van der Waals surface area (Å²) in [6, 6.07) is 145. The molecule has 1 aliphatic carbocycles. The van der Waals surface area contributed by atoms with E-state index in [0.717, 1.165) is 83.6 Å². The molecule has 566 valence electrons. The van der Waals surface area contributed by atoms with Crippen molar-refractivity contribution in [2.75, 3.05) is 0 Å². The van der Waals surface area contributed by atoms with E-state index in [-0.39, 0.29) is 5.41 Å². The zero-order valence-electron chi connectivity index (χ0n) is 66.1. The van der Waals surface area contributed by atoms with E-state index < -0.39 is 0 Å². The molecule has 25 rings (SSSR count). The van der Waals surface area contributed by atoms with Crippen molar-refractivity contribution in [1.29, 1.82) is 0 Å². The number of fused-ring (bicyclic) bond motifs is 18. The molecular weight excluding hydrogens is 1510 g/mol. The first-order valence-corrected chi connectivity index (χ1v) is 42.9. The van der Waals surface area contributed by atoms with E-state index in [0.29, 0.717) is 0 Å². The summed E-state index contributed by atoms with van der Waals surface area (Å²) in [4.78, 5) is 20.7. The Balaban J connectivity index is 0.000000138. The van der Waals surface area contributed by atoms with E-state index in [1.165, 1.54) is 156 Å². The number of hydrogen-bond donors (Lipinski definition) is 0. The number of thiophene rings is 2. The van der Waals surface area contributed by atoms with Crippen LogP contribution in [-0.4, -0.2) is 29.1 Å². The van der Waals surface area contributed by atoms with Gasteiger partial charge in [0.15, 0.2) is 11.6 Å². The summed E-state index contributed by atoms with van der Waals surface area (Å²) < 4.78 is 10.2. The third-order valence-corrected chi connectivity index (χ3v) is 27.4. The molecule has 6 heterocycles. The lowest BCUT2D eigenvalue weighted by Gasteiger charge is -2.23. The van der Waals surface area contributed by atoms with E-state index in [1.807, 2.05) is 40.9 Å². The van der Waals surface area contributed by atoms with Crippen LogP contribution in [0.2, 0.25) is 0 Å². The summed E-state index contributed by atoms with van der Waals surface area (Å²) in [5.41, 5.74) is 29.7. The average molecular weight is 1580 g/mol. The predicted octanol–water partition coefficient (Wildman–Crippen LogP) is 31.0. The predicted molar refractivity (Wildman–Crippen MR) is 512 cm³/mol. The Morgan fingerprint density at radius 3 is 1.12 bits per heavy atom. The lowest BCUT2D eigenvalue weighted by Crippen LogP contribution is -2.15. The van der Waals surface area contributed by atoms with Gasteiger partial charge in [-0.05, 0) is 187 Å². The summed E-state index contributed by atoms with van der Waals surface area (Å²) in [6.07, 6.45) is 0. The Morgan fingerprint density at radius 2 is 0.579 bits per heavy atom. The first-order valence-electron chi connectivity index (χ1n) is 41.3. The van der Waals surface area contributed by atoms with Crippen molar-refractivity contribution in [3.63, 3.8) is 0 Å². The summed E-state index contributed by atoms with van der Waals surface area (Å²) >= 11 is 3.72. The van der Waals surface area contributed by atoms with Crippen molar-refractivity contribution in [2.45, 2.75) is 19.3 Å². The maximum Gasteiger partial charge on any atom is 0.161 e. The fourth-order valence-electron chi connectivity index (χ4n) is 19.1. The lowest BCUT2D eigenvalue weighted by atomic mass is 9.81. The van der Waals surface area contributed by atoms with E-state index >= 15 is 0 Å². The molecule has 6 nitrogen and oxygen atoms in total. The van der Waals surface area contributed by atoms with Gasteiger partial charge in [-0.3, -0.25) is 0 Å². The van der Waals surface area contributed by atoms with Gasteiger partial charge in [0.1, 0.15) is 0 Å². The number of rotatable bonds is 10. The van der Waals surface area contributed by atoms with Gasteiger partial charge in [-0.25, -0.2) is 19.9 Å². The lowest BCUT2D eigenvalue weighted by molar-refractivity contribution is 0.660. The van der Waals surface area contributed by atoms with Crippen molar-refractivity contribution < 1.29 is 0 Å². The molecule has 1 aliphatic rings. The molecule has 0 saturated heterocycles. The molecule has 0 radical (unpaired) electrons. The molecule has 0 aliphatic heterocycles. The van der Waals surface area contributed by atoms with Crippen molar-refractivity contribution in [2.24, 2.45) is 0 Å². The van der Waals surface area contributed by atoms with Crippen LogP contribution in [0.5, 0.6) is 0 Å². The van der Waals surface area contributed by atoms with Crippen LogP contribution in [0.3, 0.4) is 0 Å². The molecule has 121 heavy (non-hydrogen) atoms. The standard InChI is InChI=1S/C59H39N3S.C54H33N3S/c1-59(2)50-34-41(58-60-52-17-9-6-16-47(52)57(61-58)38-12-4-3-5-13-38)24-28-43(50)44-29-27-42(35-51(44)59)62-53-18-10-7-14-45(53)48-32-39(25-30-54(48)62)36-20-22-37(23-21-36)40-26-31-56-49(33-40)46-15-8-11-19-55(46)63-56;1-2-12-36(13-3-1)53-44-18-6-9-19-47(44)55-54(56-53)43-28-30-49(40-15-5-4-14-39(40)43)57-48-20-10-7-16-41(48)45-32-37(26-29-50(45)57)34-22-24-35(25-23-34)38-27-31-52-46(33-38)42-17-8-11-21-51(42)58-52/h3-35H,1-2H3;1-33H. The zero-order chi connectivity index (χ0) is 80.0. The van der Waals surface area contributed by atoms with Gasteiger partial charge in [0.05, 0.1) is 50.2 Å². The summed E-state index contributed by atoms with van der Waals surface area (Å²) in [7, 11) is 0. The van der Waals surface area contributed by atoms with Crippen LogP contribution in [0.4, 0.5) is 0 Å². The van der Waals surface area contributed by atoms with Crippen LogP contribution in [0.15, 0.2) is 400 Å². The Labute approximate surface area is 706 Å². The second-order valence-electron chi connectivity index (χ2n) is 32.3. The minimum Gasteiger partial charge on any atom is -0.309 e. The first kappa shape index (κ1) is 70.2. The van der Waals surface area contributed by atoms with Gasteiger partial charge in [0, 0.05) is 111 Å². The Morgan fingerprint density at radius 1 is 0.215 bits per heavy atom. The number of aromatic nitrogens is 6. The highest BCUT2D eigenvalue weighted by Crippen LogP contribution is 2.52. The molecule has 0 amide bonds. The highest BCUT2D eigenvalue weighted by Gasteiger charge is 2.37. The minimum absolute atomic E-state index is 0.239. The van der Waals surface area contributed by atoms with Gasteiger partial charge in [-0.1, -0.05) is 299 Å². The van der Waals surface area contributed by atoms with Crippen LogP contribution >= 0.6 is 22.7 Å². The van der Waals surface area contributed by atoms with Crippen molar-refractivity contribution >= 4 is 139 Å². The largest absolute Gasteiger partial charge is 0.309 e. The van der Waals surface area contributed by atoms with Crippen molar-refractivity contribution in [3.8, 4) is 112 Å². The third-order valence-electron chi connectivity index (χ3n) is 25.1. The van der Waals surface area contributed by atoms with Crippen molar-refractivity contribution in [1.82, 2.24) is 29.1 Å². The molecule has 6 aromatic heterocycles. The van der Waals surface area contributed by atoms with E-state index in [9.17, 15) is 0 Å². The zero-order valence-corrected chi connectivity index (χ0v) is 67.7. The summed E-state index contributed by atoms with van der Waals surface area (Å²) in [5.74, 6) is 1.46. The topological polar surface area (TPSA) is 61.4 Å². The third kappa shape index (κ3) is 11.7. The molecule has 18 aromatic carbocycles. The SMILES string of the molecule is CC1(C)c2cc(-c3nc(-c4ccccc4)c4ccccc4n3)ccc2-c2ccc(-n3c4ccccc4c4cc(-c5ccc(-c6ccc7sc8ccccc8c7c6)cc5)ccc43)cc21.c1ccc(-c2nc(-c3ccc(-n4c5ccccc5c5cc(-c6ccc(-c7ccc8sc9ccccc9c8c7)cc6)ccc54)c4ccccc34)nc3ccccc23)cc1. The highest BCUT2D eigenvalue weighted by molar-refractivity contribution is 7.26. The normalized spacial score (nSPS) is 12.4. The average Bonchev–Trinajstić information content (AvgIpc) is 1.56. The smallest absolute Gasteiger partial charge is 0.161 e. The quantitative estimate of drug-likeness (QED) is 0.137. The van der Waals surface area contributed by atoms with Crippen molar-refractivity contribution in [3.05, 3.63) is 412 Å².